The second-order valence-electron chi connectivity index (χ2n) is 4.61. The van der Waals surface area contributed by atoms with E-state index in [1.807, 2.05) is 26.0 Å². The number of aryl methyl sites for hydroxylation is 1. The summed E-state index contributed by atoms with van der Waals surface area (Å²) in [5.74, 6) is -0.0818. The Morgan fingerprint density at radius 2 is 2.10 bits per heavy atom. The van der Waals surface area contributed by atoms with Gasteiger partial charge in [0.1, 0.15) is 0 Å². The largest absolute Gasteiger partial charge is 0.377 e. The number of carbonyl (C=O) groups is 1. The second kappa shape index (κ2) is 6.14. The van der Waals surface area contributed by atoms with Crippen molar-refractivity contribution in [2.24, 2.45) is 0 Å². The molecule has 2 rings (SSSR count). The molecule has 0 aliphatic heterocycles. The maximum atomic E-state index is 11.6. The van der Waals surface area contributed by atoms with Crippen LogP contribution in [0.2, 0.25) is 0 Å². The first-order valence-electron chi connectivity index (χ1n) is 6.47. The summed E-state index contributed by atoms with van der Waals surface area (Å²) in [5, 5.41) is 5.99. The molecule has 0 saturated heterocycles. The third-order valence-corrected chi connectivity index (χ3v) is 3.11. The molecule has 1 aromatic carbocycles. The Labute approximate surface area is 118 Å². The minimum absolute atomic E-state index is 0.0493. The predicted molar refractivity (Wildman–Crippen MR) is 78.6 cm³/mol. The van der Waals surface area contributed by atoms with E-state index >= 15 is 0 Å². The van der Waals surface area contributed by atoms with Gasteiger partial charge in [0.2, 0.25) is 0 Å². The summed E-state index contributed by atoms with van der Waals surface area (Å²) in [6, 6.07) is 5.63. The number of rotatable bonds is 4. The van der Waals surface area contributed by atoms with Crippen LogP contribution in [-0.2, 0) is 0 Å². The average molecular weight is 270 g/mol. The van der Waals surface area contributed by atoms with E-state index in [-0.39, 0.29) is 11.9 Å². The van der Waals surface area contributed by atoms with E-state index < -0.39 is 0 Å². The molecular formula is C15H18N4O. The van der Waals surface area contributed by atoms with Gasteiger partial charge < -0.3 is 10.6 Å². The van der Waals surface area contributed by atoms with Crippen LogP contribution in [0.1, 0.15) is 34.6 Å². The normalized spacial score (nSPS) is 11.8. The number of nitrogens with zero attached hydrogens (tertiary/aromatic N) is 2. The Kier molecular flexibility index (Phi) is 4.30. The number of hydrogen-bond acceptors (Lipinski definition) is 4. The highest BCUT2D eigenvalue weighted by Gasteiger charge is 2.10. The van der Waals surface area contributed by atoms with Crippen molar-refractivity contribution in [3.05, 3.63) is 53.6 Å². The number of carbonyl (C=O) groups excluding carboxylic acids is 1. The molecule has 0 fully saturated rings. The van der Waals surface area contributed by atoms with Crippen LogP contribution in [-0.4, -0.2) is 22.9 Å². The smallest absolute Gasteiger partial charge is 0.251 e. The van der Waals surface area contributed by atoms with Crippen LogP contribution in [0, 0.1) is 6.92 Å². The Bertz CT molecular complexity index is 598. The van der Waals surface area contributed by atoms with Crippen LogP contribution in [0.5, 0.6) is 0 Å². The summed E-state index contributed by atoms with van der Waals surface area (Å²) in [4.78, 5) is 19.9. The van der Waals surface area contributed by atoms with Gasteiger partial charge in [-0.25, -0.2) is 0 Å². The zero-order chi connectivity index (χ0) is 14.5. The zero-order valence-electron chi connectivity index (χ0n) is 11.8. The fraction of sp³-hybridized carbons (Fsp3) is 0.267. The van der Waals surface area contributed by atoms with Crippen molar-refractivity contribution in [2.45, 2.75) is 19.9 Å². The van der Waals surface area contributed by atoms with Gasteiger partial charge in [-0.3, -0.25) is 14.8 Å². The van der Waals surface area contributed by atoms with Gasteiger partial charge in [-0.2, -0.15) is 0 Å². The molecule has 0 spiro atoms. The van der Waals surface area contributed by atoms with Gasteiger partial charge in [0.05, 0.1) is 17.9 Å². The lowest BCUT2D eigenvalue weighted by molar-refractivity contribution is 0.0963. The van der Waals surface area contributed by atoms with E-state index in [1.165, 1.54) is 0 Å². The van der Waals surface area contributed by atoms with Crippen LogP contribution < -0.4 is 10.6 Å². The molecule has 1 heterocycles. The van der Waals surface area contributed by atoms with Crippen LogP contribution in [0.15, 0.2) is 36.8 Å². The Hall–Kier alpha value is -2.43. The average Bonchev–Trinajstić information content (AvgIpc) is 2.49. The predicted octanol–water partition coefficient (Wildman–Crippen LogP) is 2.32. The number of anilines is 1. The quantitative estimate of drug-likeness (QED) is 0.894. The van der Waals surface area contributed by atoms with E-state index in [1.54, 1.807) is 31.7 Å². The van der Waals surface area contributed by atoms with Gasteiger partial charge in [-0.1, -0.05) is 0 Å². The van der Waals surface area contributed by atoms with Crippen molar-refractivity contribution in [3.63, 3.8) is 0 Å². The molecule has 0 saturated carbocycles. The summed E-state index contributed by atoms with van der Waals surface area (Å²) in [5.41, 5.74) is 3.53. The summed E-state index contributed by atoms with van der Waals surface area (Å²) >= 11 is 0. The monoisotopic (exact) mass is 270 g/mol. The molecule has 5 nitrogen and oxygen atoms in total. The summed E-state index contributed by atoms with van der Waals surface area (Å²) in [6.45, 7) is 3.99. The minimum Gasteiger partial charge on any atom is -0.377 e. The molecule has 0 bridgehead atoms. The Morgan fingerprint density at radius 3 is 2.70 bits per heavy atom. The maximum absolute atomic E-state index is 11.6. The lowest BCUT2D eigenvalue weighted by Crippen LogP contribution is -2.18. The first kappa shape index (κ1) is 14.0. The molecule has 2 aromatic rings. The molecule has 1 unspecified atom stereocenters. The lowest BCUT2D eigenvalue weighted by atomic mass is 10.1. The summed E-state index contributed by atoms with van der Waals surface area (Å²) < 4.78 is 0. The van der Waals surface area contributed by atoms with Crippen LogP contribution in [0.4, 0.5) is 5.69 Å². The molecule has 104 valence electrons. The molecule has 0 aliphatic rings. The second-order valence-corrected chi connectivity index (χ2v) is 4.61. The molecule has 2 N–H and O–H groups in total. The number of hydrogen-bond donors (Lipinski definition) is 2. The van der Waals surface area contributed by atoms with E-state index in [0.29, 0.717) is 5.56 Å². The standard InChI is InChI=1S/C15H18N4O/c1-10-8-12(15(20)16-3)4-5-13(10)19-11(2)14-9-17-6-7-18-14/h4-9,11,19H,1-3H3,(H,16,20). The molecule has 0 radical (unpaired) electrons. The number of benzene rings is 1. The third kappa shape index (κ3) is 3.12. The van der Waals surface area contributed by atoms with Crippen molar-refractivity contribution in [1.29, 1.82) is 0 Å². The van der Waals surface area contributed by atoms with Crippen molar-refractivity contribution in [1.82, 2.24) is 15.3 Å². The zero-order valence-corrected chi connectivity index (χ0v) is 11.8. The molecular weight excluding hydrogens is 252 g/mol. The van der Waals surface area contributed by atoms with Gasteiger partial charge >= 0.3 is 0 Å². The van der Waals surface area contributed by atoms with Gasteiger partial charge in [0, 0.05) is 30.7 Å². The molecule has 0 aliphatic carbocycles. The Morgan fingerprint density at radius 1 is 1.30 bits per heavy atom. The minimum atomic E-state index is -0.0818. The van der Waals surface area contributed by atoms with Crippen molar-refractivity contribution in [2.75, 3.05) is 12.4 Å². The SMILES string of the molecule is CNC(=O)c1ccc(NC(C)c2cnccn2)c(C)c1. The molecule has 5 heteroatoms. The third-order valence-electron chi connectivity index (χ3n) is 3.11. The van der Waals surface area contributed by atoms with Crippen LogP contribution in [0.25, 0.3) is 0 Å². The van der Waals surface area contributed by atoms with Crippen molar-refractivity contribution >= 4 is 11.6 Å². The molecule has 1 amide bonds. The summed E-state index contributed by atoms with van der Waals surface area (Å²) in [7, 11) is 1.62. The maximum Gasteiger partial charge on any atom is 0.251 e. The molecule has 1 atom stereocenters. The number of nitrogens with one attached hydrogen (secondary N) is 2. The van der Waals surface area contributed by atoms with Crippen molar-refractivity contribution in [3.8, 4) is 0 Å². The van der Waals surface area contributed by atoms with Crippen LogP contribution in [0.3, 0.4) is 0 Å². The highest BCUT2D eigenvalue weighted by molar-refractivity contribution is 5.94. The first-order chi connectivity index (χ1) is 9.61. The fourth-order valence-electron chi connectivity index (χ4n) is 1.95. The lowest BCUT2D eigenvalue weighted by Gasteiger charge is -2.16. The van der Waals surface area contributed by atoms with Gasteiger partial charge in [0.25, 0.3) is 5.91 Å². The van der Waals surface area contributed by atoms with E-state index in [9.17, 15) is 4.79 Å². The highest BCUT2D eigenvalue weighted by atomic mass is 16.1. The Balaban J connectivity index is 2.16. The molecule has 20 heavy (non-hydrogen) atoms. The van der Waals surface area contributed by atoms with Gasteiger partial charge in [-0.15, -0.1) is 0 Å². The van der Waals surface area contributed by atoms with E-state index in [4.69, 9.17) is 0 Å². The first-order valence-corrected chi connectivity index (χ1v) is 6.47. The number of aromatic nitrogens is 2. The van der Waals surface area contributed by atoms with E-state index in [2.05, 4.69) is 20.6 Å². The summed E-state index contributed by atoms with van der Waals surface area (Å²) in [6.07, 6.45) is 5.07. The fourth-order valence-corrected chi connectivity index (χ4v) is 1.95. The highest BCUT2D eigenvalue weighted by Crippen LogP contribution is 2.21. The van der Waals surface area contributed by atoms with E-state index in [0.717, 1.165) is 16.9 Å². The van der Waals surface area contributed by atoms with Gasteiger partial charge in [0.15, 0.2) is 0 Å². The van der Waals surface area contributed by atoms with Crippen LogP contribution >= 0.6 is 0 Å². The van der Waals surface area contributed by atoms with Crippen molar-refractivity contribution < 1.29 is 4.79 Å². The topological polar surface area (TPSA) is 66.9 Å². The number of amides is 1. The molecule has 1 aromatic heterocycles. The van der Waals surface area contributed by atoms with Gasteiger partial charge in [-0.05, 0) is 37.6 Å².